The molecule has 1 aromatic carbocycles. The Balaban J connectivity index is 1.78. The zero-order valence-corrected chi connectivity index (χ0v) is 15.4. The minimum Gasteiger partial charge on any atom is -0.462 e. The lowest BCUT2D eigenvalue weighted by Crippen LogP contribution is -2.08. The maximum absolute atomic E-state index is 12.3. The van der Waals surface area contributed by atoms with E-state index in [1.54, 1.807) is 29.0 Å². The summed E-state index contributed by atoms with van der Waals surface area (Å²) >= 11 is 0. The van der Waals surface area contributed by atoms with Crippen LogP contribution in [-0.2, 0) is 4.74 Å². The second-order valence-electron chi connectivity index (χ2n) is 6.55. The van der Waals surface area contributed by atoms with Gasteiger partial charge in [-0.1, -0.05) is 57.9 Å². The van der Waals surface area contributed by atoms with E-state index in [-0.39, 0.29) is 11.9 Å². The van der Waals surface area contributed by atoms with Crippen LogP contribution in [0.2, 0.25) is 0 Å². The number of fused-ring (bicyclic) bond motifs is 1. The molecule has 0 fully saturated rings. The smallest absolute Gasteiger partial charge is 0.338 e. The highest BCUT2D eigenvalue weighted by molar-refractivity contribution is 6.05. The summed E-state index contributed by atoms with van der Waals surface area (Å²) in [4.78, 5) is 23.9. The first-order valence-electron chi connectivity index (χ1n) is 9.43. The average molecular weight is 343 g/mol. The summed E-state index contributed by atoms with van der Waals surface area (Å²) < 4.78 is 6.96. The molecule has 0 amide bonds. The van der Waals surface area contributed by atoms with Crippen molar-refractivity contribution in [2.24, 2.45) is 0 Å². The summed E-state index contributed by atoms with van der Waals surface area (Å²) in [5.41, 5.74) is 1.27. The number of carbonyl (C=O) groups is 2. The van der Waals surface area contributed by atoms with Gasteiger partial charge in [0.15, 0.2) is 0 Å². The lowest BCUT2D eigenvalue weighted by Gasteiger charge is -2.07. The fraction of sp³-hybridized carbons (Fsp3) is 0.524. The second-order valence-corrected chi connectivity index (χ2v) is 6.55. The Hall–Kier alpha value is -2.10. The monoisotopic (exact) mass is 343 g/mol. The van der Waals surface area contributed by atoms with Crippen LogP contribution in [0.15, 0.2) is 30.5 Å². The zero-order chi connectivity index (χ0) is 18.1. The van der Waals surface area contributed by atoms with Crippen molar-refractivity contribution in [3.63, 3.8) is 0 Å². The Morgan fingerprint density at radius 3 is 2.32 bits per heavy atom. The standard InChI is InChI=1S/C21H29NO3/c1-3-4-5-6-7-8-9-10-16-25-21(24)19-12-11-13-20-18(19)14-15-22(20)17(2)23/h11-15H,3-10,16H2,1-2H3. The summed E-state index contributed by atoms with van der Waals surface area (Å²) in [6.07, 6.45) is 11.4. The summed E-state index contributed by atoms with van der Waals surface area (Å²) in [5.74, 6) is -0.380. The fourth-order valence-corrected chi connectivity index (χ4v) is 3.10. The minimum atomic E-state index is -0.310. The van der Waals surface area contributed by atoms with Crippen LogP contribution in [0.3, 0.4) is 0 Å². The van der Waals surface area contributed by atoms with Crippen LogP contribution < -0.4 is 0 Å². The van der Waals surface area contributed by atoms with E-state index < -0.39 is 0 Å². The lowest BCUT2D eigenvalue weighted by molar-refractivity contribution is 0.0500. The van der Waals surface area contributed by atoms with Crippen molar-refractivity contribution < 1.29 is 14.3 Å². The molecule has 0 aliphatic heterocycles. The predicted molar refractivity (Wildman–Crippen MR) is 101 cm³/mol. The van der Waals surface area contributed by atoms with E-state index in [1.807, 2.05) is 6.07 Å². The molecule has 0 saturated heterocycles. The van der Waals surface area contributed by atoms with Crippen LogP contribution in [0.1, 0.15) is 80.4 Å². The number of hydrogen-bond donors (Lipinski definition) is 0. The molecule has 2 aromatic rings. The van der Waals surface area contributed by atoms with Gasteiger partial charge >= 0.3 is 5.97 Å². The molecule has 0 saturated carbocycles. The van der Waals surface area contributed by atoms with Gasteiger partial charge in [0.1, 0.15) is 0 Å². The first-order chi connectivity index (χ1) is 12.1. The van der Waals surface area contributed by atoms with E-state index in [9.17, 15) is 9.59 Å². The highest BCUT2D eigenvalue weighted by Gasteiger charge is 2.14. The number of benzene rings is 1. The number of esters is 1. The lowest BCUT2D eigenvalue weighted by atomic mass is 10.1. The van der Waals surface area contributed by atoms with Crippen LogP contribution in [0.4, 0.5) is 0 Å². The van der Waals surface area contributed by atoms with Crippen molar-refractivity contribution >= 4 is 22.8 Å². The van der Waals surface area contributed by atoms with Gasteiger partial charge in [0, 0.05) is 18.5 Å². The molecule has 0 bridgehead atoms. The third kappa shape index (κ3) is 5.45. The number of nitrogens with zero attached hydrogens (tertiary/aromatic N) is 1. The van der Waals surface area contributed by atoms with E-state index in [0.29, 0.717) is 12.2 Å². The predicted octanol–water partition coefficient (Wildman–Crippen LogP) is 5.60. The molecule has 4 heteroatoms. The van der Waals surface area contributed by atoms with Crippen LogP contribution >= 0.6 is 0 Å². The van der Waals surface area contributed by atoms with Gasteiger partial charge in [0.05, 0.1) is 17.7 Å². The van der Waals surface area contributed by atoms with Crippen molar-refractivity contribution in [1.82, 2.24) is 4.57 Å². The maximum Gasteiger partial charge on any atom is 0.338 e. The topological polar surface area (TPSA) is 48.3 Å². The molecule has 25 heavy (non-hydrogen) atoms. The van der Waals surface area contributed by atoms with E-state index in [2.05, 4.69) is 6.92 Å². The van der Waals surface area contributed by atoms with Crippen molar-refractivity contribution in [2.75, 3.05) is 6.61 Å². The van der Waals surface area contributed by atoms with Gasteiger partial charge in [-0.25, -0.2) is 4.79 Å². The normalized spacial score (nSPS) is 11.0. The van der Waals surface area contributed by atoms with Gasteiger partial charge in [-0.2, -0.15) is 0 Å². The average Bonchev–Trinajstić information content (AvgIpc) is 3.04. The molecule has 0 N–H and O–H groups in total. The Kier molecular flexibility index (Phi) is 7.71. The van der Waals surface area contributed by atoms with Gasteiger partial charge < -0.3 is 4.74 Å². The second kappa shape index (κ2) is 10.0. The van der Waals surface area contributed by atoms with Crippen LogP contribution in [0.25, 0.3) is 10.9 Å². The number of hydrogen-bond acceptors (Lipinski definition) is 3. The molecule has 0 atom stereocenters. The summed E-state index contributed by atoms with van der Waals surface area (Å²) in [6.45, 7) is 4.19. The molecular weight excluding hydrogens is 314 g/mol. The summed E-state index contributed by atoms with van der Waals surface area (Å²) in [5, 5.41) is 0.763. The van der Waals surface area contributed by atoms with Gasteiger partial charge in [-0.05, 0) is 24.6 Å². The third-order valence-corrected chi connectivity index (χ3v) is 4.52. The third-order valence-electron chi connectivity index (χ3n) is 4.52. The van der Waals surface area contributed by atoms with Gasteiger partial charge in [-0.3, -0.25) is 9.36 Å². The Morgan fingerprint density at radius 2 is 1.64 bits per heavy atom. The van der Waals surface area contributed by atoms with E-state index in [0.717, 1.165) is 23.7 Å². The Bertz CT molecular complexity index is 702. The number of ether oxygens (including phenoxy) is 1. The largest absolute Gasteiger partial charge is 0.462 e. The molecule has 0 radical (unpaired) electrons. The highest BCUT2D eigenvalue weighted by atomic mass is 16.5. The van der Waals surface area contributed by atoms with Gasteiger partial charge in [0.25, 0.3) is 0 Å². The molecular formula is C21H29NO3. The Morgan fingerprint density at radius 1 is 0.960 bits per heavy atom. The van der Waals surface area contributed by atoms with Crippen molar-refractivity contribution in [3.8, 4) is 0 Å². The first-order valence-corrected chi connectivity index (χ1v) is 9.43. The molecule has 2 rings (SSSR count). The first kappa shape index (κ1) is 19.2. The van der Waals surface area contributed by atoms with Crippen LogP contribution in [-0.4, -0.2) is 23.1 Å². The van der Waals surface area contributed by atoms with E-state index in [1.165, 1.54) is 45.4 Å². The quantitative estimate of drug-likeness (QED) is 0.417. The SMILES string of the molecule is CCCCCCCCCCOC(=O)c1cccc2c1ccn2C(C)=O. The molecule has 0 aliphatic carbocycles. The van der Waals surface area contributed by atoms with E-state index in [4.69, 9.17) is 4.74 Å². The molecule has 0 spiro atoms. The molecule has 4 nitrogen and oxygen atoms in total. The minimum absolute atomic E-state index is 0.0699. The Labute approximate surface area is 150 Å². The highest BCUT2D eigenvalue weighted by Crippen LogP contribution is 2.21. The molecule has 1 aromatic heterocycles. The summed E-state index contributed by atoms with van der Waals surface area (Å²) in [7, 11) is 0. The van der Waals surface area contributed by atoms with Gasteiger partial charge in [-0.15, -0.1) is 0 Å². The fourth-order valence-electron chi connectivity index (χ4n) is 3.10. The number of unbranched alkanes of at least 4 members (excludes halogenated alkanes) is 7. The van der Waals surface area contributed by atoms with E-state index >= 15 is 0 Å². The zero-order valence-electron chi connectivity index (χ0n) is 15.4. The van der Waals surface area contributed by atoms with Crippen LogP contribution in [0, 0.1) is 0 Å². The van der Waals surface area contributed by atoms with Crippen molar-refractivity contribution in [2.45, 2.75) is 65.2 Å². The maximum atomic E-state index is 12.3. The number of aromatic nitrogens is 1. The van der Waals surface area contributed by atoms with Crippen molar-refractivity contribution in [1.29, 1.82) is 0 Å². The summed E-state index contributed by atoms with van der Waals surface area (Å²) in [6, 6.07) is 7.17. The van der Waals surface area contributed by atoms with Crippen LogP contribution in [0.5, 0.6) is 0 Å². The molecule has 1 heterocycles. The molecule has 136 valence electrons. The van der Waals surface area contributed by atoms with Crippen molar-refractivity contribution in [3.05, 3.63) is 36.0 Å². The van der Waals surface area contributed by atoms with Gasteiger partial charge in [0.2, 0.25) is 5.91 Å². The molecule has 0 unspecified atom stereocenters. The number of rotatable bonds is 10. The molecule has 0 aliphatic rings. The number of carbonyl (C=O) groups excluding carboxylic acids is 2.